The molecule has 3 atom stereocenters. The molecule has 1 amide bonds. The largest absolute Gasteiger partial charge is 0.462 e. The van der Waals surface area contributed by atoms with Crippen LogP contribution in [0.2, 0.25) is 0 Å². The van der Waals surface area contributed by atoms with E-state index < -0.39 is 18.2 Å². The molecule has 3 unspecified atom stereocenters. The molecule has 0 aromatic carbocycles. The Kier molecular flexibility index (Phi) is 48.5. The van der Waals surface area contributed by atoms with Crippen molar-refractivity contribution < 1.29 is 24.5 Å². The Morgan fingerprint density at radius 3 is 1.16 bits per heavy atom. The monoisotopic (exact) mass is 862 g/mol. The second-order valence-electron chi connectivity index (χ2n) is 19.0. The van der Waals surface area contributed by atoms with E-state index in [0.29, 0.717) is 19.3 Å². The standard InChI is InChI=1S/C55H107NO5/c1-4-7-10-13-16-19-22-24-26-27-29-31-33-36-39-42-45-48-55(60)61-51(46-43-40-37-34-21-18-15-12-9-6-3)49-54(59)56-52(50-57)53(58)47-44-41-38-35-32-30-28-25-23-20-17-14-11-8-5-2/h24,26,51-53,57-58H,4-23,25,27-50H2,1-3H3,(H,56,59)/b26-24+. The number of hydrogen-bond acceptors (Lipinski definition) is 5. The fourth-order valence-electron chi connectivity index (χ4n) is 8.66. The molecular formula is C55H107NO5. The summed E-state index contributed by atoms with van der Waals surface area (Å²) in [5.41, 5.74) is 0. The maximum atomic E-state index is 13.2. The van der Waals surface area contributed by atoms with Crippen LogP contribution in [0, 0.1) is 0 Å². The maximum Gasteiger partial charge on any atom is 0.306 e. The molecule has 0 fully saturated rings. The lowest BCUT2D eigenvalue weighted by Gasteiger charge is -2.24. The van der Waals surface area contributed by atoms with Crippen LogP contribution < -0.4 is 5.32 Å². The van der Waals surface area contributed by atoms with Gasteiger partial charge in [-0.05, 0) is 51.4 Å². The number of rotatable bonds is 50. The van der Waals surface area contributed by atoms with E-state index in [0.717, 1.165) is 44.9 Å². The highest BCUT2D eigenvalue weighted by Crippen LogP contribution is 2.19. The summed E-state index contributed by atoms with van der Waals surface area (Å²) in [5.74, 6) is -0.461. The van der Waals surface area contributed by atoms with Crippen LogP contribution >= 0.6 is 0 Å². The van der Waals surface area contributed by atoms with Gasteiger partial charge in [0, 0.05) is 6.42 Å². The Morgan fingerprint density at radius 2 is 0.787 bits per heavy atom. The van der Waals surface area contributed by atoms with Crippen LogP contribution in [0.5, 0.6) is 0 Å². The number of amides is 1. The first-order chi connectivity index (χ1) is 30.0. The summed E-state index contributed by atoms with van der Waals surface area (Å²) < 4.78 is 5.94. The number of ether oxygens (including phenoxy) is 1. The second-order valence-corrected chi connectivity index (χ2v) is 19.0. The molecule has 0 rings (SSSR count). The zero-order chi connectivity index (χ0) is 44.5. The molecule has 0 spiro atoms. The highest BCUT2D eigenvalue weighted by molar-refractivity contribution is 5.77. The highest BCUT2D eigenvalue weighted by atomic mass is 16.5. The van der Waals surface area contributed by atoms with E-state index in [4.69, 9.17) is 4.74 Å². The molecule has 0 radical (unpaired) electrons. The van der Waals surface area contributed by atoms with Crippen molar-refractivity contribution in [3.63, 3.8) is 0 Å². The van der Waals surface area contributed by atoms with E-state index in [1.165, 1.54) is 212 Å². The Balaban J connectivity index is 4.42. The minimum absolute atomic E-state index is 0.0829. The van der Waals surface area contributed by atoms with Crippen LogP contribution in [-0.4, -0.2) is 46.9 Å². The Labute approximate surface area is 380 Å². The van der Waals surface area contributed by atoms with Crippen molar-refractivity contribution in [1.82, 2.24) is 5.32 Å². The molecule has 3 N–H and O–H groups in total. The van der Waals surface area contributed by atoms with E-state index in [9.17, 15) is 19.8 Å². The van der Waals surface area contributed by atoms with Gasteiger partial charge < -0.3 is 20.3 Å². The Bertz CT molecular complexity index is 924. The fourth-order valence-corrected chi connectivity index (χ4v) is 8.66. The van der Waals surface area contributed by atoms with Gasteiger partial charge >= 0.3 is 5.97 Å². The summed E-state index contributed by atoms with van der Waals surface area (Å²) in [7, 11) is 0. The van der Waals surface area contributed by atoms with Gasteiger partial charge in [0.2, 0.25) is 5.91 Å². The summed E-state index contributed by atoms with van der Waals surface area (Å²) >= 11 is 0. The number of hydrogen-bond donors (Lipinski definition) is 3. The van der Waals surface area contributed by atoms with Gasteiger partial charge in [-0.3, -0.25) is 9.59 Å². The van der Waals surface area contributed by atoms with Crippen molar-refractivity contribution in [3.8, 4) is 0 Å². The topological polar surface area (TPSA) is 95.9 Å². The van der Waals surface area contributed by atoms with Crippen LogP contribution in [0.15, 0.2) is 12.2 Å². The molecule has 0 saturated carbocycles. The predicted molar refractivity (Wildman–Crippen MR) is 264 cm³/mol. The van der Waals surface area contributed by atoms with Gasteiger partial charge in [-0.1, -0.05) is 251 Å². The van der Waals surface area contributed by atoms with Crippen molar-refractivity contribution in [3.05, 3.63) is 12.2 Å². The Morgan fingerprint density at radius 1 is 0.459 bits per heavy atom. The van der Waals surface area contributed by atoms with Gasteiger partial charge in [-0.2, -0.15) is 0 Å². The first kappa shape index (κ1) is 59.6. The minimum atomic E-state index is -0.782. The molecule has 0 aromatic heterocycles. The number of aliphatic hydroxyl groups is 2. The third-order valence-corrected chi connectivity index (χ3v) is 12.8. The predicted octanol–water partition coefficient (Wildman–Crippen LogP) is 16.5. The quantitative estimate of drug-likeness (QED) is 0.0322. The smallest absolute Gasteiger partial charge is 0.306 e. The van der Waals surface area contributed by atoms with Crippen LogP contribution in [0.4, 0.5) is 0 Å². The third kappa shape index (κ3) is 45.0. The zero-order valence-corrected chi connectivity index (χ0v) is 41.3. The average Bonchev–Trinajstić information content (AvgIpc) is 3.25. The van der Waals surface area contributed by atoms with Crippen LogP contribution in [0.1, 0.15) is 303 Å². The van der Waals surface area contributed by atoms with E-state index in [1.54, 1.807) is 0 Å². The number of carbonyl (C=O) groups is 2. The maximum absolute atomic E-state index is 13.2. The van der Waals surface area contributed by atoms with Gasteiger partial charge in [-0.25, -0.2) is 0 Å². The minimum Gasteiger partial charge on any atom is -0.462 e. The van der Waals surface area contributed by atoms with Gasteiger partial charge in [0.05, 0.1) is 25.2 Å². The summed E-state index contributed by atoms with van der Waals surface area (Å²) in [6.45, 7) is 6.50. The highest BCUT2D eigenvalue weighted by Gasteiger charge is 2.24. The van der Waals surface area contributed by atoms with E-state index >= 15 is 0 Å². The average molecular weight is 862 g/mol. The molecule has 0 aromatic rings. The summed E-state index contributed by atoms with van der Waals surface area (Å²) in [4.78, 5) is 26.1. The van der Waals surface area contributed by atoms with Crippen molar-refractivity contribution in [1.29, 1.82) is 0 Å². The molecule has 61 heavy (non-hydrogen) atoms. The zero-order valence-electron chi connectivity index (χ0n) is 41.3. The first-order valence-electron chi connectivity index (χ1n) is 27.4. The van der Waals surface area contributed by atoms with Crippen LogP contribution in [-0.2, 0) is 14.3 Å². The normalized spacial score (nSPS) is 13.2. The fraction of sp³-hybridized carbons (Fsp3) is 0.927. The van der Waals surface area contributed by atoms with E-state index in [2.05, 4.69) is 38.2 Å². The molecular weight excluding hydrogens is 755 g/mol. The number of allylic oxidation sites excluding steroid dienone is 2. The van der Waals surface area contributed by atoms with E-state index in [1.807, 2.05) is 0 Å². The van der Waals surface area contributed by atoms with E-state index in [-0.39, 0.29) is 24.9 Å². The molecule has 6 nitrogen and oxygen atoms in total. The van der Waals surface area contributed by atoms with Gasteiger partial charge in [-0.15, -0.1) is 0 Å². The summed E-state index contributed by atoms with van der Waals surface area (Å²) in [6, 6.07) is -0.695. The van der Waals surface area contributed by atoms with Gasteiger partial charge in [0.25, 0.3) is 0 Å². The molecule has 0 aliphatic heterocycles. The first-order valence-corrected chi connectivity index (χ1v) is 27.4. The van der Waals surface area contributed by atoms with Crippen molar-refractivity contribution >= 4 is 11.9 Å². The lowest BCUT2D eigenvalue weighted by molar-refractivity contribution is -0.151. The molecule has 0 aliphatic rings. The van der Waals surface area contributed by atoms with Crippen LogP contribution in [0.3, 0.4) is 0 Å². The second kappa shape index (κ2) is 49.6. The van der Waals surface area contributed by atoms with Crippen LogP contribution in [0.25, 0.3) is 0 Å². The van der Waals surface area contributed by atoms with Gasteiger partial charge in [0.15, 0.2) is 0 Å². The Hall–Kier alpha value is -1.40. The number of nitrogens with one attached hydrogen (secondary N) is 1. The molecule has 0 saturated heterocycles. The number of unbranched alkanes of at least 4 members (excludes halogenated alkanes) is 36. The van der Waals surface area contributed by atoms with Gasteiger partial charge in [0.1, 0.15) is 6.10 Å². The SMILES string of the molecule is CCCCCCCC/C=C/CCCCCCCCCC(=O)OC(CCCCCCCCCCCC)CC(=O)NC(CO)C(O)CCCCCCCCCCCCCCCCC. The summed E-state index contributed by atoms with van der Waals surface area (Å²) in [6.07, 6.45) is 55.6. The molecule has 0 bridgehead atoms. The number of aliphatic hydroxyl groups excluding tert-OH is 2. The summed E-state index contributed by atoms with van der Waals surface area (Å²) in [5, 5.41) is 23.8. The third-order valence-electron chi connectivity index (χ3n) is 12.8. The number of esters is 1. The molecule has 0 aliphatic carbocycles. The van der Waals surface area contributed by atoms with Crippen molar-refractivity contribution in [2.75, 3.05) is 6.61 Å². The molecule has 0 heterocycles. The lowest BCUT2D eigenvalue weighted by Crippen LogP contribution is -2.46. The number of carbonyl (C=O) groups excluding carboxylic acids is 2. The molecule has 6 heteroatoms. The lowest BCUT2D eigenvalue weighted by atomic mass is 10.0. The molecule has 362 valence electrons. The van der Waals surface area contributed by atoms with Crippen molar-refractivity contribution in [2.24, 2.45) is 0 Å². The van der Waals surface area contributed by atoms with Crippen molar-refractivity contribution in [2.45, 2.75) is 322 Å².